The van der Waals surface area contributed by atoms with Gasteiger partial charge in [0.15, 0.2) is 0 Å². The maximum Gasteiger partial charge on any atom is 0.145 e. The minimum absolute atomic E-state index is 0.173. The number of nitrogens with one attached hydrogen (secondary N) is 2. The summed E-state index contributed by atoms with van der Waals surface area (Å²) in [4.78, 5) is 17.0. The molecule has 2 aromatic carbocycles. The average Bonchev–Trinajstić information content (AvgIpc) is 3.58. The van der Waals surface area contributed by atoms with E-state index in [1.165, 1.54) is 24.2 Å². The van der Waals surface area contributed by atoms with Gasteiger partial charge in [0.25, 0.3) is 0 Å². The number of benzene rings is 2. The molecule has 0 bridgehead atoms. The maximum atomic E-state index is 10.8. The van der Waals surface area contributed by atoms with Crippen LogP contribution in [0.15, 0.2) is 48.2 Å². The molecule has 0 aliphatic carbocycles. The SMILES string of the molecule is CN1CCN(c2ccc3nc(C4=C(O)CN(c5ccc(N6CCCC6)cc5)C4=N)[nH]c3c2)CC1. The van der Waals surface area contributed by atoms with Crippen molar-refractivity contribution in [3.63, 3.8) is 0 Å². The fraction of sp³-hybridized carbons (Fsp3) is 0.385. The van der Waals surface area contributed by atoms with E-state index >= 15 is 0 Å². The predicted octanol–water partition coefficient (Wildman–Crippen LogP) is 3.68. The summed E-state index contributed by atoms with van der Waals surface area (Å²) in [6, 6.07) is 14.6. The molecule has 8 nitrogen and oxygen atoms in total. The topological polar surface area (TPSA) is 85.7 Å². The number of aromatic nitrogens is 2. The van der Waals surface area contributed by atoms with E-state index in [0.29, 0.717) is 11.4 Å². The Balaban J connectivity index is 1.23. The second-order valence-corrected chi connectivity index (χ2v) is 9.54. The maximum absolute atomic E-state index is 10.8. The fourth-order valence-corrected chi connectivity index (χ4v) is 5.24. The van der Waals surface area contributed by atoms with Crippen molar-refractivity contribution < 1.29 is 5.11 Å². The zero-order valence-corrected chi connectivity index (χ0v) is 19.6. The van der Waals surface area contributed by atoms with E-state index in [4.69, 9.17) is 10.4 Å². The van der Waals surface area contributed by atoms with Crippen molar-refractivity contribution >= 4 is 39.5 Å². The van der Waals surface area contributed by atoms with Crippen LogP contribution in [0, 0.1) is 5.41 Å². The third-order valence-electron chi connectivity index (χ3n) is 7.31. The summed E-state index contributed by atoms with van der Waals surface area (Å²) in [5, 5.41) is 19.6. The van der Waals surface area contributed by atoms with Crippen LogP contribution < -0.4 is 14.7 Å². The number of aliphatic hydroxyl groups is 1. The van der Waals surface area contributed by atoms with Crippen LogP contribution in [-0.2, 0) is 0 Å². The van der Waals surface area contributed by atoms with Gasteiger partial charge in [0.05, 0.1) is 23.2 Å². The monoisotopic (exact) mass is 457 g/mol. The molecule has 0 saturated carbocycles. The second-order valence-electron chi connectivity index (χ2n) is 9.54. The van der Waals surface area contributed by atoms with E-state index in [9.17, 15) is 5.11 Å². The molecule has 6 rings (SSSR count). The van der Waals surface area contributed by atoms with Gasteiger partial charge in [0.2, 0.25) is 0 Å². The molecule has 0 spiro atoms. The molecule has 3 N–H and O–H groups in total. The Kier molecular flexibility index (Phi) is 5.17. The van der Waals surface area contributed by atoms with Gasteiger partial charge in [-0.3, -0.25) is 5.41 Å². The highest BCUT2D eigenvalue weighted by atomic mass is 16.3. The standard InChI is InChI=1S/C26H31N7O/c1-30-12-14-32(15-13-30)20-8-9-21-22(16-20)29-26(28-21)24-23(34)17-33(25(24)27)19-6-4-18(5-7-19)31-10-2-3-11-31/h4-9,16,27,34H,2-3,10-15,17H2,1H3,(H,28,29). The third-order valence-corrected chi connectivity index (χ3v) is 7.31. The summed E-state index contributed by atoms with van der Waals surface area (Å²) >= 11 is 0. The molecule has 2 fully saturated rings. The van der Waals surface area contributed by atoms with Gasteiger partial charge in [0.1, 0.15) is 17.4 Å². The van der Waals surface area contributed by atoms with Crippen molar-refractivity contribution in [2.45, 2.75) is 12.8 Å². The molecular weight excluding hydrogens is 426 g/mol. The number of aromatic amines is 1. The smallest absolute Gasteiger partial charge is 0.145 e. The third kappa shape index (κ3) is 3.68. The van der Waals surface area contributed by atoms with E-state index in [1.807, 2.05) is 23.1 Å². The average molecular weight is 458 g/mol. The van der Waals surface area contributed by atoms with Crippen LogP contribution >= 0.6 is 0 Å². The number of amidine groups is 1. The van der Waals surface area contributed by atoms with E-state index in [1.54, 1.807) is 0 Å². The number of imidazole rings is 1. The number of aliphatic hydroxyl groups excluding tert-OH is 1. The van der Waals surface area contributed by atoms with Crippen LogP contribution in [0.4, 0.5) is 17.1 Å². The number of rotatable bonds is 4. The lowest BCUT2D eigenvalue weighted by Gasteiger charge is -2.34. The van der Waals surface area contributed by atoms with Crippen molar-refractivity contribution in [1.82, 2.24) is 14.9 Å². The van der Waals surface area contributed by atoms with Crippen LogP contribution in [0.3, 0.4) is 0 Å². The first-order valence-corrected chi connectivity index (χ1v) is 12.1. The highest BCUT2D eigenvalue weighted by molar-refractivity contribution is 6.30. The molecule has 4 heterocycles. The zero-order valence-electron chi connectivity index (χ0n) is 19.6. The first-order valence-electron chi connectivity index (χ1n) is 12.1. The molecule has 0 radical (unpaired) electrons. The van der Waals surface area contributed by atoms with Crippen molar-refractivity contribution in [2.75, 3.05) is 67.6 Å². The molecule has 1 aromatic heterocycles. The fourth-order valence-electron chi connectivity index (χ4n) is 5.24. The van der Waals surface area contributed by atoms with E-state index in [0.717, 1.165) is 56.0 Å². The van der Waals surface area contributed by atoms with Crippen molar-refractivity contribution in [3.05, 3.63) is 54.0 Å². The highest BCUT2D eigenvalue weighted by Crippen LogP contribution is 2.33. The molecule has 0 atom stereocenters. The number of H-pyrrole nitrogens is 1. The summed E-state index contributed by atoms with van der Waals surface area (Å²) in [6.07, 6.45) is 2.49. The van der Waals surface area contributed by atoms with Crippen LogP contribution in [-0.4, -0.2) is 78.7 Å². The minimum Gasteiger partial charge on any atom is -0.509 e. The number of hydrogen-bond acceptors (Lipinski definition) is 6. The number of likely N-dealkylation sites (N-methyl/N-ethyl adjacent to an activating group) is 1. The van der Waals surface area contributed by atoms with Crippen molar-refractivity contribution in [2.24, 2.45) is 0 Å². The first kappa shape index (κ1) is 21.0. The Morgan fingerprint density at radius 1 is 0.853 bits per heavy atom. The van der Waals surface area contributed by atoms with Gasteiger partial charge in [-0.2, -0.15) is 0 Å². The Labute approximate surface area is 199 Å². The number of nitrogens with zero attached hydrogens (tertiary/aromatic N) is 5. The largest absolute Gasteiger partial charge is 0.509 e. The van der Waals surface area contributed by atoms with Gasteiger partial charge < -0.3 is 29.7 Å². The van der Waals surface area contributed by atoms with Gasteiger partial charge in [-0.25, -0.2) is 4.98 Å². The molecule has 34 heavy (non-hydrogen) atoms. The summed E-state index contributed by atoms with van der Waals surface area (Å²) in [7, 11) is 2.16. The molecule has 3 aliphatic heterocycles. The van der Waals surface area contributed by atoms with Crippen LogP contribution in [0.1, 0.15) is 18.7 Å². The summed E-state index contributed by atoms with van der Waals surface area (Å²) < 4.78 is 0. The lowest BCUT2D eigenvalue weighted by molar-refractivity contribution is 0.313. The summed E-state index contributed by atoms with van der Waals surface area (Å²) in [5.74, 6) is 0.987. The Bertz CT molecular complexity index is 1250. The van der Waals surface area contributed by atoms with Gasteiger partial charge in [0, 0.05) is 56.3 Å². The van der Waals surface area contributed by atoms with Crippen LogP contribution in [0.5, 0.6) is 0 Å². The molecule has 0 amide bonds. The quantitative estimate of drug-likeness (QED) is 0.554. The predicted molar refractivity (Wildman–Crippen MR) is 138 cm³/mol. The lowest BCUT2D eigenvalue weighted by Crippen LogP contribution is -2.44. The molecule has 3 aromatic rings. The minimum atomic E-state index is 0.173. The molecule has 2 saturated heterocycles. The van der Waals surface area contributed by atoms with E-state index < -0.39 is 0 Å². The van der Waals surface area contributed by atoms with Gasteiger partial charge in [-0.05, 0) is 62.4 Å². The number of hydrogen-bond donors (Lipinski definition) is 3. The number of piperazine rings is 1. The normalized spacial score (nSPS) is 19.8. The van der Waals surface area contributed by atoms with Gasteiger partial charge in [-0.15, -0.1) is 0 Å². The van der Waals surface area contributed by atoms with Gasteiger partial charge >= 0.3 is 0 Å². The Hall–Kier alpha value is -3.52. The molecular formula is C26H31N7O. The Morgan fingerprint density at radius 2 is 1.50 bits per heavy atom. The lowest BCUT2D eigenvalue weighted by atomic mass is 10.2. The number of fused-ring (bicyclic) bond motifs is 1. The van der Waals surface area contributed by atoms with E-state index in [2.05, 4.69) is 51.0 Å². The zero-order chi connectivity index (χ0) is 23.2. The molecule has 176 valence electrons. The molecule has 8 heteroatoms. The first-order chi connectivity index (χ1) is 16.6. The summed E-state index contributed by atoms with van der Waals surface area (Å²) in [5.41, 5.74) is 5.54. The highest BCUT2D eigenvalue weighted by Gasteiger charge is 2.31. The Morgan fingerprint density at radius 3 is 2.24 bits per heavy atom. The van der Waals surface area contributed by atoms with Crippen molar-refractivity contribution in [3.8, 4) is 0 Å². The van der Waals surface area contributed by atoms with Crippen LogP contribution in [0.25, 0.3) is 16.6 Å². The van der Waals surface area contributed by atoms with Crippen molar-refractivity contribution in [1.29, 1.82) is 5.41 Å². The molecule has 0 unspecified atom stereocenters. The molecule has 3 aliphatic rings. The van der Waals surface area contributed by atoms with Crippen LogP contribution in [0.2, 0.25) is 0 Å². The van der Waals surface area contributed by atoms with Gasteiger partial charge in [-0.1, -0.05) is 0 Å². The number of anilines is 3. The second kappa shape index (κ2) is 8.36. The van der Waals surface area contributed by atoms with E-state index in [-0.39, 0.29) is 18.1 Å². The summed E-state index contributed by atoms with van der Waals surface area (Å²) in [6.45, 7) is 6.61.